The first-order valence-electron chi connectivity index (χ1n) is 9.20. The van der Waals surface area contributed by atoms with Gasteiger partial charge in [0.25, 0.3) is 0 Å². The molecule has 3 aromatic rings. The number of unbranched alkanes of at least 4 members (excludes halogenated alkanes) is 2. The number of amides is 1. The van der Waals surface area contributed by atoms with Crippen molar-refractivity contribution in [3.63, 3.8) is 0 Å². The van der Waals surface area contributed by atoms with Crippen molar-refractivity contribution in [1.82, 2.24) is 15.3 Å². The fourth-order valence-corrected chi connectivity index (χ4v) is 4.18. The number of carbonyl (C=O) groups excluding carboxylic acids is 1. The number of halogens is 1. The van der Waals surface area contributed by atoms with E-state index in [9.17, 15) is 9.18 Å². The smallest absolute Gasteiger partial charge is 0.230 e. The van der Waals surface area contributed by atoms with Gasteiger partial charge in [0, 0.05) is 34.8 Å². The van der Waals surface area contributed by atoms with Gasteiger partial charge in [0.2, 0.25) is 5.91 Å². The van der Waals surface area contributed by atoms with Gasteiger partial charge in [-0.1, -0.05) is 6.42 Å². The summed E-state index contributed by atoms with van der Waals surface area (Å²) in [6.07, 6.45) is 7.59. The minimum atomic E-state index is -0.264. The van der Waals surface area contributed by atoms with E-state index in [4.69, 9.17) is 0 Å². The topological polar surface area (TPSA) is 54.9 Å². The minimum absolute atomic E-state index is 0.00920. The van der Waals surface area contributed by atoms with E-state index in [0.29, 0.717) is 12.3 Å². The summed E-state index contributed by atoms with van der Waals surface area (Å²) < 4.78 is 12.8. The molecule has 0 atom stereocenters. The second-order valence-electron chi connectivity index (χ2n) is 6.29. The van der Waals surface area contributed by atoms with Crippen molar-refractivity contribution in [2.24, 2.45) is 0 Å². The molecule has 2 aromatic heterocycles. The van der Waals surface area contributed by atoms with Gasteiger partial charge in [-0.15, -0.1) is 23.1 Å². The van der Waals surface area contributed by atoms with Gasteiger partial charge >= 0.3 is 0 Å². The largest absolute Gasteiger partial charge is 0.355 e. The number of nitrogens with one attached hydrogen (secondary N) is 1. The van der Waals surface area contributed by atoms with Crippen LogP contribution in [0.5, 0.6) is 0 Å². The number of nitrogens with zero attached hydrogens (tertiary/aromatic N) is 2. The third-order valence-corrected chi connectivity index (χ3v) is 6.03. The fourth-order valence-electron chi connectivity index (χ4n) is 2.61. The standard InChI is InChI=1S/C21H22FN3OS2/c22-17-7-9-19(10-8-17)27-15-20(26)24-12-3-1-2-6-18-14-28-21(25-18)16-5-4-11-23-13-16/h4-5,7-11,13-14H,1-3,6,12,15H2,(H,24,26). The monoisotopic (exact) mass is 415 g/mol. The van der Waals surface area contributed by atoms with E-state index < -0.39 is 0 Å². The number of carbonyl (C=O) groups is 1. The van der Waals surface area contributed by atoms with Crippen molar-refractivity contribution in [1.29, 1.82) is 0 Å². The van der Waals surface area contributed by atoms with Crippen LogP contribution in [0.1, 0.15) is 25.0 Å². The highest BCUT2D eigenvalue weighted by molar-refractivity contribution is 8.00. The molecule has 0 saturated heterocycles. The number of aromatic nitrogens is 2. The molecule has 0 fully saturated rings. The SMILES string of the molecule is O=C(CSc1ccc(F)cc1)NCCCCCc1csc(-c2cccnc2)n1. The normalized spacial score (nSPS) is 10.8. The molecule has 7 heteroatoms. The average molecular weight is 416 g/mol. The van der Waals surface area contributed by atoms with Gasteiger partial charge in [-0.2, -0.15) is 0 Å². The summed E-state index contributed by atoms with van der Waals surface area (Å²) in [7, 11) is 0. The van der Waals surface area contributed by atoms with Gasteiger partial charge < -0.3 is 5.32 Å². The van der Waals surface area contributed by atoms with E-state index in [1.54, 1.807) is 29.7 Å². The second kappa shape index (κ2) is 10.9. The molecular formula is C21H22FN3OS2. The maximum absolute atomic E-state index is 12.8. The molecule has 28 heavy (non-hydrogen) atoms. The maximum Gasteiger partial charge on any atom is 0.230 e. The molecule has 146 valence electrons. The van der Waals surface area contributed by atoms with Crippen molar-refractivity contribution in [3.05, 3.63) is 65.7 Å². The first kappa shape index (κ1) is 20.5. The summed E-state index contributed by atoms with van der Waals surface area (Å²) in [6.45, 7) is 0.681. The summed E-state index contributed by atoms with van der Waals surface area (Å²) in [4.78, 5) is 21.5. The minimum Gasteiger partial charge on any atom is -0.355 e. The van der Waals surface area contributed by atoms with Crippen LogP contribution in [0.15, 0.2) is 59.1 Å². The highest BCUT2D eigenvalue weighted by Crippen LogP contribution is 2.23. The molecule has 2 heterocycles. The lowest BCUT2D eigenvalue weighted by atomic mass is 10.1. The van der Waals surface area contributed by atoms with E-state index >= 15 is 0 Å². The van der Waals surface area contributed by atoms with Gasteiger partial charge in [0.05, 0.1) is 11.4 Å². The van der Waals surface area contributed by atoms with Gasteiger partial charge in [0.1, 0.15) is 10.8 Å². The van der Waals surface area contributed by atoms with Crippen LogP contribution < -0.4 is 5.32 Å². The summed E-state index contributed by atoms with van der Waals surface area (Å²) in [6, 6.07) is 10.1. The number of pyridine rings is 1. The molecule has 4 nitrogen and oxygen atoms in total. The van der Waals surface area contributed by atoms with Crippen molar-refractivity contribution in [2.75, 3.05) is 12.3 Å². The number of rotatable bonds is 10. The van der Waals surface area contributed by atoms with Crippen LogP contribution >= 0.6 is 23.1 Å². The van der Waals surface area contributed by atoms with Gasteiger partial charge in [-0.05, 0) is 55.7 Å². The Labute approximate surface area is 172 Å². The average Bonchev–Trinajstić information content (AvgIpc) is 3.20. The zero-order valence-corrected chi connectivity index (χ0v) is 17.1. The fraction of sp³-hybridized carbons (Fsp3) is 0.286. The van der Waals surface area contributed by atoms with Gasteiger partial charge in [-0.25, -0.2) is 9.37 Å². The quantitative estimate of drug-likeness (QED) is 0.375. The zero-order valence-electron chi connectivity index (χ0n) is 15.4. The van der Waals surface area contributed by atoms with Gasteiger partial charge in [0.15, 0.2) is 0 Å². The van der Waals surface area contributed by atoms with E-state index in [-0.39, 0.29) is 11.7 Å². The summed E-state index contributed by atoms with van der Waals surface area (Å²) in [5.74, 6) is 0.0939. The highest BCUT2D eigenvalue weighted by Gasteiger charge is 2.05. The van der Waals surface area contributed by atoms with Crippen molar-refractivity contribution >= 4 is 29.0 Å². The molecule has 3 rings (SSSR count). The molecule has 0 saturated carbocycles. The number of hydrogen-bond acceptors (Lipinski definition) is 5. The molecule has 1 N–H and O–H groups in total. The molecule has 0 aliphatic rings. The first-order chi connectivity index (χ1) is 13.7. The van der Waals surface area contributed by atoms with Crippen LogP contribution in [0.4, 0.5) is 4.39 Å². The zero-order chi connectivity index (χ0) is 19.6. The van der Waals surface area contributed by atoms with Crippen LogP contribution in [-0.2, 0) is 11.2 Å². The van der Waals surface area contributed by atoms with Crippen LogP contribution in [0.3, 0.4) is 0 Å². The maximum atomic E-state index is 12.8. The Morgan fingerprint density at radius 2 is 2.00 bits per heavy atom. The Bertz CT molecular complexity index is 869. The van der Waals surface area contributed by atoms with Crippen molar-refractivity contribution in [2.45, 2.75) is 30.6 Å². The summed E-state index contributed by atoms with van der Waals surface area (Å²) in [5.41, 5.74) is 2.17. The van der Waals surface area contributed by atoms with E-state index in [0.717, 1.165) is 46.8 Å². The highest BCUT2D eigenvalue weighted by atomic mass is 32.2. The lowest BCUT2D eigenvalue weighted by Crippen LogP contribution is -2.26. The third kappa shape index (κ3) is 6.73. The number of thioether (sulfide) groups is 1. The lowest BCUT2D eigenvalue weighted by molar-refractivity contribution is -0.118. The molecule has 0 aliphatic heterocycles. The molecule has 0 aliphatic carbocycles. The number of aryl methyl sites for hydroxylation is 1. The molecule has 1 amide bonds. The van der Waals surface area contributed by atoms with Crippen molar-refractivity contribution in [3.8, 4) is 10.6 Å². The summed E-state index contributed by atoms with van der Waals surface area (Å²) >= 11 is 3.06. The van der Waals surface area contributed by atoms with E-state index in [2.05, 4.69) is 20.7 Å². The van der Waals surface area contributed by atoms with Crippen LogP contribution in [-0.4, -0.2) is 28.2 Å². The predicted octanol–water partition coefficient (Wildman–Crippen LogP) is 4.97. The Hall–Kier alpha value is -2.25. The number of thiazole rings is 1. The van der Waals surface area contributed by atoms with Crippen LogP contribution in [0.2, 0.25) is 0 Å². The predicted molar refractivity (Wildman–Crippen MR) is 113 cm³/mol. The molecule has 0 radical (unpaired) electrons. The third-order valence-electron chi connectivity index (χ3n) is 4.08. The number of hydrogen-bond donors (Lipinski definition) is 1. The Kier molecular flexibility index (Phi) is 7.99. The second-order valence-corrected chi connectivity index (χ2v) is 8.20. The Morgan fingerprint density at radius 3 is 2.79 bits per heavy atom. The Morgan fingerprint density at radius 1 is 1.14 bits per heavy atom. The van der Waals surface area contributed by atoms with E-state index in [1.165, 1.54) is 23.9 Å². The van der Waals surface area contributed by atoms with Crippen LogP contribution in [0.25, 0.3) is 10.6 Å². The lowest BCUT2D eigenvalue weighted by Gasteiger charge is -2.05. The molecular weight excluding hydrogens is 393 g/mol. The first-order valence-corrected chi connectivity index (χ1v) is 11.1. The van der Waals surface area contributed by atoms with Crippen LogP contribution in [0, 0.1) is 5.82 Å². The molecule has 0 bridgehead atoms. The number of benzene rings is 1. The van der Waals surface area contributed by atoms with Gasteiger partial charge in [-0.3, -0.25) is 9.78 Å². The van der Waals surface area contributed by atoms with E-state index in [1.807, 2.05) is 18.3 Å². The molecule has 0 spiro atoms. The molecule has 1 aromatic carbocycles. The van der Waals surface area contributed by atoms with Crippen molar-refractivity contribution < 1.29 is 9.18 Å². The molecule has 0 unspecified atom stereocenters. The summed E-state index contributed by atoms with van der Waals surface area (Å²) in [5, 5.41) is 6.05. The Balaban J connectivity index is 1.26.